The Balaban J connectivity index is 1.63. The molecule has 5 aromatic rings. The normalized spacial score (nSPS) is 10.9. The zero-order chi connectivity index (χ0) is 25.8. The van der Waals surface area contributed by atoms with Gasteiger partial charge in [0, 0.05) is 17.0 Å². The number of benzene rings is 4. The number of aryl methyl sites for hydroxylation is 1. The molecule has 5 heteroatoms. The Bertz CT molecular complexity index is 1510. The Labute approximate surface area is 216 Å². The SMILES string of the molecule is COc1ccc(-c2cc(C(=O)NC(c3ccccc3)c3ccccc3)c3cc(C)ccc3n2)c(OC)c1. The predicted octanol–water partition coefficient (Wildman–Crippen LogP) is 6.75. The molecule has 1 amide bonds. The molecule has 1 heterocycles. The molecule has 0 unspecified atom stereocenters. The van der Waals surface area contributed by atoms with E-state index >= 15 is 0 Å². The Hall–Kier alpha value is -4.64. The van der Waals surface area contributed by atoms with E-state index in [9.17, 15) is 4.79 Å². The first-order valence-electron chi connectivity index (χ1n) is 12.1. The van der Waals surface area contributed by atoms with Gasteiger partial charge in [0.1, 0.15) is 11.5 Å². The third kappa shape index (κ3) is 5.02. The highest BCUT2D eigenvalue weighted by atomic mass is 16.5. The van der Waals surface area contributed by atoms with E-state index < -0.39 is 0 Å². The minimum Gasteiger partial charge on any atom is -0.497 e. The lowest BCUT2D eigenvalue weighted by atomic mass is 9.97. The molecule has 5 nitrogen and oxygen atoms in total. The first-order chi connectivity index (χ1) is 18.1. The standard InChI is InChI=1S/C32H28N2O3/c1-21-14-17-28-26(18-21)27(20-29(33-28)25-16-15-24(36-2)19-30(25)37-3)32(35)34-31(22-10-6-4-7-11-22)23-12-8-5-9-13-23/h4-20,31H,1-3H3,(H,34,35). The number of carbonyl (C=O) groups excluding carboxylic acids is 1. The van der Waals surface area contributed by atoms with E-state index in [1.807, 2.05) is 110 Å². The van der Waals surface area contributed by atoms with E-state index in [1.165, 1.54) is 0 Å². The number of carbonyl (C=O) groups is 1. The van der Waals surface area contributed by atoms with Crippen molar-refractivity contribution in [2.75, 3.05) is 14.2 Å². The molecular formula is C32H28N2O3. The van der Waals surface area contributed by atoms with Crippen molar-refractivity contribution in [2.45, 2.75) is 13.0 Å². The van der Waals surface area contributed by atoms with Crippen LogP contribution in [0.2, 0.25) is 0 Å². The summed E-state index contributed by atoms with van der Waals surface area (Å²) in [5, 5.41) is 4.08. The Morgan fingerprint density at radius 3 is 2.08 bits per heavy atom. The van der Waals surface area contributed by atoms with Crippen LogP contribution in [0.4, 0.5) is 0 Å². The van der Waals surface area contributed by atoms with E-state index in [2.05, 4.69) is 5.32 Å². The summed E-state index contributed by atoms with van der Waals surface area (Å²) in [6, 6.07) is 33.1. The number of nitrogens with one attached hydrogen (secondary N) is 1. The molecule has 0 bridgehead atoms. The molecule has 0 saturated heterocycles. The molecule has 0 aliphatic rings. The number of methoxy groups -OCH3 is 2. The quantitative estimate of drug-likeness (QED) is 0.275. The number of rotatable bonds is 7. The van der Waals surface area contributed by atoms with Crippen LogP contribution in [0.1, 0.15) is 33.1 Å². The van der Waals surface area contributed by atoms with Gasteiger partial charge in [-0.1, -0.05) is 72.3 Å². The van der Waals surface area contributed by atoms with Crippen molar-refractivity contribution in [1.29, 1.82) is 0 Å². The molecule has 0 aliphatic heterocycles. The molecule has 184 valence electrons. The molecule has 37 heavy (non-hydrogen) atoms. The second-order valence-electron chi connectivity index (χ2n) is 8.87. The van der Waals surface area contributed by atoms with Crippen molar-refractivity contribution in [3.8, 4) is 22.8 Å². The highest BCUT2D eigenvalue weighted by molar-refractivity contribution is 6.07. The van der Waals surface area contributed by atoms with Gasteiger partial charge in [-0.3, -0.25) is 4.79 Å². The lowest BCUT2D eigenvalue weighted by Gasteiger charge is -2.21. The van der Waals surface area contributed by atoms with Crippen LogP contribution in [0.15, 0.2) is 103 Å². The summed E-state index contributed by atoms with van der Waals surface area (Å²) in [4.78, 5) is 18.9. The number of pyridine rings is 1. The molecule has 0 saturated carbocycles. The Kier molecular flexibility index (Phi) is 6.86. The van der Waals surface area contributed by atoms with Crippen LogP contribution >= 0.6 is 0 Å². The van der Waals surface area contributed by atoms with E-state index in [-0.39, 0.29) is 11.9 Å². The van der Waals surface area contributed by atoms with E-state index in [1.54, 1.807) is 14.2 Å². The van der Waals surface area contributed by atoms with Crippen LogP contribution in [0, 0.1) is 6.92 Å². The maximum Gasteiger partial charge on any atom is 0.252 e. The molecule has 1 aromatic heterocycles. The monoisotopic (exact) mass is 488 g/mol. The summed E-state index contributed by atoms with van der Waals surface area (Å²) in [6.07, 6.45) is 0. The highest BCUT2D eigenvalue weighted by Crippen LogP contribution is 2.35. The number of hydrogen-bond acceptors (Lipinski definition) is 4. The lowest BCUT2D eigenvalue weighted by molar-refractivity contribution is 0.0944. The van der Waals surface area contributed by atoms with E-state index in [0.717, 1.165) is 33.2 Å². The molecule has 1 N–H and O–H groups in total. The number of nitrogens with zero attached hydrogens (tertiary/aromatic N) is 1. The number of amides is 1. The zero-order valence-corrected chi connectivity index (χ0v) is 21.1. The van der Waals surface area contributed by atoms with Gasteiger partial charge in [0.15, 0.2) is 0 Å². The van der Waals surface area contributed by atoms with Crippen LogP contribution in [0.25, 0.3) is 22.2 Å². The third-order valence-corrected chi connectivity index (χ3v) is 6.43. The molecule has 4 aromatic carbocycles. The Morgan fingerprint density at radius 1 is 0.784 bits per heavy atom. The maximum absolute atomic E-state index is 14.0. The second-order valence-corrected chi connectivity index (χ2v) is 8.87. The number of fused-ring (bicyclic) bond motifs is 1. The van der Waals surface area contributed by atoms with Crippen LogP contribution in [-0.4, -0.2) is 25.1 Å². The van der Waals surface area contributed by atoms with Crippen LogP contribution < -0.4 is 14.8 Å². The van der Waals surface area contributed by atoms with Gasteiger partial charge in [0.2, 0.25) is 0 Å². The first kappa shape index (κ1) is 24.1. The first-order valence-corrected chi connectivity index (χ1v) is 12.1. The summed E-state index contributed by atoms with van der Waals surface area (Å²) in [5.41, 5.74) is 5.79. The molecule has 0 spiro atoms. The summed E-state index contributed by atoms with van der Waals surface area (Å²) < 4.78 is 11.0. The van der Waals surface area contributed by atoms with Crippen molar-refractivity contribution in [1.82, 2.24) is 10.3 Å². The van der Waals surface area contributed by atoms with Crippen molar-refractivity contribution in [3.63, 3.8) is 0 Å². The molecule has 5 rings (SSSR count). The Morgan fingerprint density at radius 2 is 1.46 bits per heavy atom. The van der Waals surface area contributed by atoms with Crippen LogP contribution in [0.3, 0.4) is 0 Å². The number of aromatic nitrogens is 1. The maximum atomic E-state index is 14.0. The number of hydrogen-bond donors (Lipinski definition) is 1. The smallest absolute Gasteiger partial charge is 0.252 e. The summed E-state index contributed by atoms with van der Waals surface area (Å²) in [5.74, 6) is 1.13. The molecular weight excluding hydrogens is 460 g/mol. The van der Waals surface area contributed by atoms with E-state index in [0.29, 0.717) is 22.8 Å². The van der Waals surface area contributed by atoms with E-state index in [4.69, 9.17) is 14.5 Å². The van der Waals surface area contributed by atoms with Gasteiger partial charge in [-0.15, -0.1) is 0 Å². The molecule has 0 aliphatic carbocycles. The van der Waals surface area contributed by atoms with Gasteiger partial charge in [0.05, 0.1) is 37.0 Å². The van der Waals surface area contributed by atoms with Gasteiger partial charge in [0.25, 0.3) is 5.91 Å². The van der Waals surface area contributed by atoms with Gasteiger partial charge >= 0.3 is 0 Å². The summed E-state index contributed by atoms with van der Waals surface area (Å²) >= 11 is 0. The van der Waals surface area contributed by atoms with Crippen LogP contribution in [0.5, 0.6) is 11.5 Å². The van der Waals surface area contributed by atoms with Crippen molar-refractivity contribution in [2.24, 2.45) is 0 Å². The minimum atomic E-state index is -0.304. The van der Waals surface area contributed by atoms with Gasteiger partial charge in [-0.25, -0.2) is 4.98 Å². The van der Waals surface area contributed by atoms with Gasteiger partial charge in [-0.2, -0.15) is 0 Å². The van der Waals surface area contributed by atoms with Gasteiger partial charge < -0.3 is 14.8 Å². The number of ether oxygens (including phenoxy) is 2. The largest absolute Gasteiger partial charge is 0.497 e. The molecule has 0 atom stereocenters. The minimum absolute atomic E-state index is 0.176. The fourth-order valence-electron chi connectivity index (χ4n) is 4.53. The average Bonchev–Trinajstić information content (AvgIpc) is 2.95. The highest BCUT2D eigenvalue weighted by Gasteiger charge is 2.21. The van der Waals surface area contributed by atoms with Gasteiger partial charge in [-0.05, 0) is 48.4 Å². The zero-order valence-electron chi connectivity index (χ0n) is 21.1. The predicted molar refractivity (Wildman–Crippen MR) is 147 cm³/mol. The van der Waals surface area contributed by atoms with Crippen molar-refractivity contribution < 1.29 is 14.3 Å². The topological polar surface area (TPSA) is 60.5 Å². The average molecular weight is 489 g/mol. The fourth-order valence-corrected chi connectivity index (χ4v) is 4.53. The second kappa shape index (κ2) is 10.5. The van der Waals surface area contributed by atoms with Crippen molar-refractivity contribution >= 4 is 16.8 Å². The van der Waals surface area contributed by atoms with Crippen LogP contribution in [-0.2, 0) is 0 Å². The summed E-state index contributed by atoms with van der Waals surface area (Å²) in [6.45, 7) is 2.01. The molecule has 0 radical (unpaired) electrons. The molecule has 0 fully saturated rings. The third-order valence-electron chi connectivity index (χ3n) is 6.43. The van der Waals surface area contributed by atoms with Crippen molar-refractivity contribution in [3.05, 3.63) is 125 Å². The fraction of sp³-hybridized carbons (Fsp3) is 0.125. The lowest BCUT2D eigenvalue weighted by Crippen LogP contribution is -2.29. The summed E-state index contributed by atoms with van der Waals surface area (Å²) in [7, 11) is 3.23.